The van der Waals surface area contributed by atoms with Gasteiger partial charge in [0, 0.05) is 25.9 Å². The van der Waals surface area contributed by atoms with Crippen LogP contribution in [0, 0.1) is 45.3 Å². The first-order chi connectivity index (χ1) is 20.1. The number of esters is 1. The Morgan fingerprint density at radius 3 is 2.49 bits per heavy atom. The summed E-state index contributed by atoms with van der Waals surface area (Å²) in [5.74, 6) is 1.11. The van der Waals surface area contributed by atoms with Gasteiger partial charge in [0.15, 0.2) is 18.2 Å². The zero-order chi connectivity index (χ0) is 30.7. The Morgan fingerprint density at radius 1 is 1.05 bits per heavy atom. The predicted molar refractivity (Wildman–Crippen MR) is 160 cm³/mol. The number of ketones is 1. The van der Waals surface area contributed by atoms with Gasteiger partial charge in [0.2, 0.25) is 0 Å². The van der Waals surface area contributed by atoms with Gasteiger partial charge in [-0.15, -0.1) is 0 Å². The average Bonchev–Trinajstić information content (AvgIpc) is 3.54. The molecule has 7 fully saturated rings. The number of morpholine rings is 1. The lowest BCUT2D eigenvalue weighted by molar-refractivity contribution is -0.243. The Bertz CT molecular complexity index is 1150. The van der Waals surface area contributed by atoms with Gasteiger partial charge in [-0.25, -0.2) is 0 Å². The number of hydrogen-bond acceptors (Lipinski definition) is 8. The van der Waals surface area contributed by atoms with E-state index in [1.807, 2.05) is 0 Å². The van der Waals surface area contributed by atoms with E-state index < -0.39 is 29.9 Å². The lowest BCUT2D eigenvalue weighted by Crippen LogP contribution is -2.56. The van der Waals surface area contributed by atoms with E-state index in [1.165, 1.54) is 26.2 Å². The summed E-state index contributed by atoms with van der Waals surface area (Å²) in [7, 11) is 2.14. The van der Waals surface area contributed by atoms with Crippen LogP contribution in [-0.4, -0.2) is 84.8 Å². The summed E-state index contributed by atoms with van der Waals surface area (Å²) in [6.45, 7) is 14.5. The van der Waals surface area contributed by atoms with Gasteiger partial charge in [-0.3, -0.25) is 14.5 Å². The Balaban J connectivity index is 1.11. The molecule has 2 heterocycles. The van der Waals surface area contributed by atoms with E-state index in [4.69, 9.17) is 18.9 Å². The van der Waals surface area contributed by atoms with Crippen LogP contribution in [0.1, 0.15) is 99.3 Å². The number of aliphatic hydroxyl groups is 1. The molecule has 10 unspecified atom stereocenters. The van der Waals surface area contributed by atoms with Gasteiger partial charge in [0.1, 0.15) is 6.10 Å². The molecule has 0 bridgehead atoms. The molecule has 5 aliphatic carbocycles. The fourth-order valence-corrected chi connectivity index (χ4v) is 12.3. The van der Waals surface area contributed by atoms with Gasteiger partial charge in [0.25, 0.3) is 0 Å². The summed E-state index contributed by atoms with van der Waals surface area (Å²) < 4.78 is 24.9. The van der Waals surface area contributed by atoms with Crippen molar-refractivity contribution in [2.75, 3.05) is 26.7 Å². The molecule has 0 aromatic heterocycles. The van der Waals surface area contributed by atoms with Gasteiger partial charge >= 0.3 is 5.97 Å². The molecular formula is C35H55NO7. The summed E-state index contributed by atoms with van der Waals surface area (Å²) in [5.41, 5.74) is -0.646. The van der Waals surface area contributed by atoms with E-state index in [0.29, 0.717) is 23.7 Å². The molecule has 0 aromatic rings. The van der Waals surface area contributed by atoms with Gasteiger partial charge in [-0.05, 0) is 118 Å². The summed E-state index contributed by atoms with van der Waals surface area (Å²) in [4.78, 5) is 28.7. The third-order valence-electron chi connectivity index (χ3n) is 14.2. The molecule has 5 saturated carbocycles. The van der Waals surface area contributed by atoms with Crippen LogP contribution in [0.5, 0.6) is 0 Å². The highest BCUT2D eigenvalue weighted by molar-refractivity contribution is 5.90. The minimum absolute atomic E-state index is 0.0351. The molecule has 12 atom stereocenters. The Kier molecular flexibility index (Phi) is 7.09. The quantitative estimate of drug-likeness (QED) is 0.452. The maximum absolute atomic E-state index is 14.5. The van der Waals surface area contributed by atoms with Gasteiger partial charge < -0.3 is 24.1 Å². The van der Waals surface area contributed by atoms with Crippen LogP contribution in [0.25, 0.3) is 0 Å². The van der Waals surface area contributed by atoms with E-state index >= 15 is 0 Å². The number of rotatable bonds is 5. The molecule has 8 heteroatoms. The highest BCUT2D eigenvalue weighted by Gasteiger charge is 2.82. The Labute approximate surface area is 257 Å². The fraction of sp³-hybridized carbons (Fsp3) is 0.943. The minimum atomic E-state index is -1.25. The van der Waals surface area contributed by atoms with Crippen LogP contribution in [-0.2, 0) is 28.5 Å². The first-order valence-corrected chi connectivity index (χ1v) is 17.2. The Hall–Kier alpha value is -1.06. The lowest BCUT2D eigenvalue weighted by Gasteiger charge is -2.59. The van der Waals surface area contributed by atoms with Crippen LogP contribution in [0.15, 0.2) is 0 Å². The highest BCUT2D eigenvalue weighted by atomic mass is 16.7. The normalized spacial score (nSPS) is 49.5. The molecule has 0 aromatic carbocycles. The number of Topliss-reactive ketones (excluding diaryl/α,β-unsaturated/α-hetero) is 1. The number of hydrogen-bond donors (Lipinski definition) is 1. The van der Waals surface area contributed by atoms with Crippen molar-refractivity contribution in [3.8, 4) is 0 Å². The van der Waals surface area contributed by atoms with Crippen LogP contribution < -0.4 is 0 Å². The highest BCUT2D eigenvalue weighted by Crippen LogP contribution is 2.87. The predicted octanol–water partition coefficient (Wildman–Crippen LogP) is 4.75. The maximum atomic E-state index is 14.5. The summed E-state index contributed by atoms with van der Waals surface area (Å²) in [5, 5.41) is 10.8. The number of fused-ring (bicyclic) bond motifs is 4. The monoisotopic (exact) mass is 601 g/mol. The third kappa shape index (κ3) is 4.39. The maximum Gasteiger partial charge on any atom is 0.303 e. The molecule has 242 valence electrons. The van der Waals surface area contributed by atoms with E-state index in [0.717, 1.165) is 51.8 Å². The second-order valence-electron chi connectivity index (χ2n) is 17.1. The molecule has 8 nitrogen and oxygen atoms in total. The summed E-state index contributed by atoms with van der Waals surface area (Å²) in [6.07, 6.45) is 8.01. The Morgan fingerprint density at radius 2 is 1.79 bits per heavy atom. The fourth-order valence-electron chi connectivity index (χ4n) is 12.3. The number of likely N-dealkylation sites (N-methyl/N-ethyl adjacent to an activating group) is 1. The van der Waals surface area contributed by atoms with Crippen molar-refractivity contribution in [1.29, 1.82) is 0 Å². The van der Waals surface area contributed by atoms with Crippen molar-refractivity contribution >= 4 is 11.8 Å². The topological polar surface area (TPSA) is 94.5 Å². The van der Waals surface area contributed by atoms with E-state index in [1.54, 1.807) is 13.8 Å². The summed E-state index contributed by atoms with van der Waals surface area (Å²) in [6, 6.07) is 0. The van der Waals surface area contributed by atoms with Gasteiger partial charge in [0.05, 0.1) is 24.4 Å². The standard InChI is InChI=1S/C35H55NO7/c1-20(37)41-30(32(4,5)39)23-10-8-22-29(42-23)28(38)27-21-9-11-24-31(2,3)25(43-26-18-36(7)16-17-40-26)12-13-35(24)19-34(21,35)15-14-33(22,27)6/h21-27,29-30,39H,8-19H2,1-7H3/t21?,22?,23?,24?,25-,26?,27?,29?,30-,33?,34?,35?/m0/s1. The SMILES string of the molecule is CC(=O)O[C@@H](C1CCC2C(O1)C(=O)C1C3CCC4C(C)(C)[C@@H](OC5CN(C)CCO5)CCC45CC35CCC21C)C(C)(C)O. The first kappa shape index (κ1) is 30.6. The van der Waals surface area contributed by atoms with Gasteiger partial charge in [-0.1, -0.05) is 20.8 Å². The molecule has 1 N–H and O–H groups in total. The van der Waals surface area contributed by atoms with Crippen molar-refractivity contribution in [1.82, 2.24) is 4.90 Å². The number of carbonyl (C=O) groups is 2. The number of nitrogens with zero attached hydrogens (tertiary/aromatic N) is 1. The van der Waals surface area contributed by atoms with Crippen molar-refractivity contribution in [3.05, 3.63) is 0 Å². The van der Waals surface area contributed by atoms with E-state index in [-0.39, 0.29) is 46.3 Å². The number of ether oxygens (including phenoxy) is 4. The molecular weight excluding hydrogens is 546 g/mol. The third-order valence-corrected chi connectivity index (χ3v) is 14.2. The molecule has 0 radical (unpaired) electrons. The molecule has 0 amide bonds. The molecule has 2 saturated heterocycles. The van der Waals surface area contributed by atoms with Crippen molar-refractivity contribution in [3.63, 3.8) is 0 Å². The zero-order valence-electron chi connectivity index (χ0n) is 27.5. The minimum Gasteiger partial charge on any atom is -0.457 e. The molecule has 7 aliphatic rings. The second kappa shape index (κ2) is 9.97. The largest absolute Gasteiger partial charge is 0.457 e. The van der Waals surface area contributed by atoms with Crippen molar-refractivity contribution in [2.24, 2.45) is 45.3 Å². The van der Waals surface area contributed by atoms with E-state index in [2.05, 4.69) is 32.7 Å². The van der Waals surface area contributed by atoms with Crippen LogP contribution in [0.2, 0.25) is 0 Å². The zero-order valence-corrected chi connectivity index (χ0v) is 27.5. The van der Waals surface area contributed by atoms with Gasteiger partial charge in [-0.2, -0.15) is 0 Å². The van der Waals surface area contributed by atoms with Crippen LogP contribution >= 0.6 is 0 Å². The first-order valence-electron chi connectivity index (χ1n) is 17.2. The van der Waals surface area contributed by atoms with Crippen molar-refractivity contribution < 1.29 is 33.6 Å². The second-order valence-corrected chi connectivity index (χ2v) is 17.1. The van der Waals surface area contributed by atoms with Crippen molar-refractivity contribution in [2.45, 2.75) is 136 Å². The van der Waals surface area contributed by atoms with Crippen LogP contribution in [0.4, 0.5) is 0 Å². The van der Waals surface area contributed by atoms with E-state index in [9.17, 15) is 14.7 Å². The molecule has 2 spiro atoms. The molecule has 43 heavy (non-hydrogen) atoms. The average molecular weight is 602 g/mol. The van der Waals surface area contributed by atoms with Crippen LogP contribution in [0.3, 0.4) is 0 Å². The summed E-state index contributed by atoms with van der Waals surface area (Å²) >= 11 is 0. The molecule has 2 aliphatic heterocycles. The molecule has 7 rings (SSSR count). The number of carbonyl (C=O) groups excluding carboxylic acids is 2. The lowest BCUT2D eigenvalue weighted by atomic mass is 9.46. The smallest absolute Gasteiger partial charge is 0.303 e.